The Hall–Kier alpha value is -1.50. The highest BCUT2D eigenvalue weighted by atomic mass is 32.2. The van der Waals surface area contributed by atoms with E-state index in [-0.39, 0.29) is 12.1 Å². The maximum atomic E-state index is 12.0. The molecule has 0 bridgehead atoms. The Morgan fingerprint density at radius 3 is 2.76 bits per heavy atom. The molecule has 1 aromatic heterocycles. The molecule has 0 radical (unpaired) electrons. The highest BCUT2D eigenvalue weighted by molar-refractivity contribution is 8.00. The molecule has 4 rings (SSSR count). The van der Waals surface area contributed by atoms with E-state index in [0.29, 0.717) is 6.61 Å². The van der Waals surface area contributed by atoms with E-state index in [2.05, 4.69) is 40.6 Å². The summed E-state index contributed by atoms with van der Waals surface area (Å²) in [5.41, 5.74) is 4.26. The van der Waals surface area contributed by atoms with Crippen molar-refractivity contribution in [3.8, 4) is 0 Å². The molecule has 2 aliphatic rings. The topological polar surface area (TPSA) is 32.8 Å². The smallest absolute Gasteiger partial charge is 0.409 e. The van der Waals surface area contributed by atoms with E-state index in [1.807, 2.05) is 34.9 Å². The fraction of sp³-hybridized carbons (Fsp3) is 0.421. The third-order valence-corrected chi connectivity index (χ3v) is 7.18. The normalized spacial score (nSPS) is 20.5. The third kappa shape index (κ3) is 3.30. The lowest BCUT2D eigenvalue weighted by atomic mass is 9.95. The molecule has 1 unspecified atom stereocenters. The van der Waals surface area contributed by atoms with Crippen LogP contribution in [0.2, 0.25) is 0 Å². The molecule has 2 aromatic rings. The van der Waals surface area contributed by atoms with Crippen LogP contribution in [0, 0.1) is 0 Å². The van der Waals surface area contributed by atoms with Crippen LogP contribution in [0.15, 0.2) is 39.9 Å². The molecule has 1 fully saturated rings. The Kier molecular flexibility index (Phi) is 5.01. The van der Waals surface area contributed by atoms with Crippen molar-refractivity contribution in [1.29, 1.82) is 0 Å². The fourth-order valence-corrected chi connectivity index (χ4v) is 5.80. The second kappa shape index (κ2) is 7.40. The molecule has 0 N–H and O–H groups in total. The number of thiophene rings is 1. The molecule has 1 amide bonds. The first-order chi connectivity index (χ1) is 12.3. The van der Waals surface area contributed by atoms with Gasteiger partial charge in [0.2, 0.25) is 0 Å². The number of carbonyl (C=O) groups is 1. The van der Waals surface area contributed by atoms with Gasteiger partial charge in [0.25, 0.3) is 0 Å². The number of rotatable bonds is 2. The van der Waals surface area contributed by atoms with Gasteiger partial charge in [0.05, 0.1) is 16.9 Å². The van der Waals surface area contributed by atoms with Gasteiger partial charge in [-0.2, -0.15) is 0 Å². The predicted molar refractivity (Wildman–Crippen MR) is 102 cm³/mol. The van der Waals surface area contributed by atoms with Crippen LogP contribution in [-0.2, 0) is 10.5 Å². The van der Waals surface area contributed by atoms with Crippen LogP contribution >= 0.6 is 23.1 Å². The lowest BCUT2D eigenvalue weighted by molar-refractivity contribution is 0.0712. The molecular formula is C19H22N2O2S2. The molecule has 0 spiro atoms. The highest BCUT2D eigenvalue weighted by Crippen LogP contribution is 2.44. The molecule has 2 aliphatic heterocycles. The summed E-state index contributed by atoms with van der Waals surface area (Å²) in [6.45, 7) is 5.49. The molecule has 132 valence electrons. The van der Waals surface area contributed by atoms with Crippen molar-refractivity contribution in [2.24, 2.45) is 0 Å². The molecule has 6 heteroatoms. The first-order valence-corrected chi connectivity index (χ1v) is 10.6. The van der Waals surface area contributed by atoms with E-state index < -0.39 is 0 Å². The zero-order valence-electron chi connectivity index (χ0n) is 14.3. The van der Waals surface area contributed by atoms with Crippen LogP contribution in [0.1, 0.15) is 29.7 Å². The summed E-state index contributed by atoms with van der Waals surface area (Å²) in [5, 5.41) is 2.20. The number of ether oxygens (including phenoxy) is 1. The minimum absolute atomic E-state index is 0.185. The highest BCUT2D eigenvalue weighted by Gasteiger charge is 2.32. The largest absolute Gasteiger partial charge is 0.450 e. The molecule has 1 atom stereocenters. The summed E-state index contributed by atoms with van der Waals surface area (Å²) in [6, 6.07) is 11.4. The second-order valence-corrected chi connectivity index (χ2v) is 8.44. The molecule has 1 saturated heterocycles. The molecular weight excluding hydrogens is 352 g/mol. The summed E-state index contributed by atoms with van der Waals surface area (Å²) >= 11 is 3.79. The monoisotopic (exact) mass is 374 g/mol. The quantitative estimate of drug-likeness (QED) is 0.788. The first-order valence-electron chi connectivity index (χ1n) is 8.71. The number of hydrogen-bond donors (Lipinski definition) is 0. The van der Waals surface area contributed by atoms with Gasteiger partial charge in [0.1, 0.15) is 0 Å². The van der Waals surface area contributed by atoms with Crippen molar-refractivity contribution >= 4 is 29.2 Å². The number of thioether (sulfide) groups is 1. The van der Waals surface area contributed by atoms with Gasteiger partial charge >= 0.3 is 6.09 Å². The third-order valence-electron chi connectivity index (χ3n) is 4.87. The molecule has 1 aromatic carbocycles. The zero-order valence-corrected chi connectivity index (χ0v) is 15.9. The average Bonchev–Trinajstić information content (AvgIpc) is 3.04. The van der Waals surface area contributed by atoms with E-state index in [1.54, 1.807) is 0 Å². The first kappa shape index (κ1) is 16.9. The predicted octanol–water partition coefficient (Wildman–Crippen LogP) is 4.22. The van der Waals surface area contributed by atoms with Gasteiger partial charge in [0.15, 0.2) is 0 Å². The number of piperazine rings is 1. The van der Waals surface area contributed by atoms with Gasteiger partial charge < -0.3 is 9.64 Å². The Labute approximate surface area is 156 Å². The minimum Gasteiger partial charge on any atom is -0.450 e. The summed E-state index contributed by atoms with van der Waals surface area (Å²) in [4.78, 5) is 16.3. The van der Waals surface area contributed by atoms with Gasteiger partial charge in [-0.3, -0.25) is 4.90 Å². The van der Waals surface area contributed by atoms with Crippen LogP contribution in [0.3, 0.4) is 0 Å². The van der Waals surface area contributed by atoms with Gasteiger partial charge in [-0.1, -0.05) is 24.3 Å². The van der Waals surface area contributed by atoms with Crippen molar-refractivity contribution in [1.82, 2.24) is 9.80 Å². The van der Waals surface area contributed by atoms with Crippen LogP contribution in [0.5, 0.6) is 0 Å². The van der Waals surface area contributed by atoms with E-state index in [4.69, 9.17) is 4.74 Å². The number of amides is 1. The molecule has 4 nitrogen and oxygen atoms in total. The maximum Gasteiger partial charge on any atom is 0.409 e. The summed E-state index contributed by atoms with van der Waals surface area (Å²) in [7, 11) is 0. The number of carbonyl (C=O) groups excluding carboxylic acids is 1. The number of nitrogens with zero attached hydrogens (tertiary/aromatic N) is 2. The van der Waals surface area contributed by atoms with Crippen molar-refractivity contribution in [3.63, 3.8) is 0 Å². The molecule has 0 aliphatic carbocycles. The Morgan fingerprint density at radius 2 is 1.96 bits per heavy atom. The van der Waals surface area contributed by atoms with Gasteiger partial charge in [-0.05, 0) is 35.1 Å². The summed E-state index contributed by atoms with van der Waals surface area (Å²) in [5.74, 6) is 1.03. The van der Waals surface area contributed by atoms with Gasteiger partial charge in [0, 0.05) is 31.9 Å². The minimum atomic E-state index is -0.185. The number of benzene rings is 1. The molecule has 25 heavy (non-hydrogen) atoms. The number of fused-ring (bicyclic) bond motifs is 2. The van der Waals surface area contributed by atoms with Gasteiger partial charge in [-0.15, -0.1) is 23.1 Å². The van der Waals surface area contributed by atoms with Gasteiger partial charge in [-0.25, -0.2) is 4.79 Å². The van der Waals surface area contributed by atoms with Crippen molar-refractivity contribution < 1.29 is 9.53 Å². The SMILES string of the molecule is CCOC(=O)N1CCN(C2c3ccccc3CSc3sccc32)CC1. The van der Waals surface area contributed by atoms with E-state index in [1.165, 1.54) is 20.9 Å². The van der Waals surface area contributed by atoms with E-state index in [9.17, 15) is 4.79 Å². The standard InChI is InChI=1S/C19H22N2O2S2/c1-2-23-19(22)21-10-8-20(9-11-21)17-15-6-4-3-5-14(15)13-25-18-16(17)7-12-24-18/h3-7,12,17H,2,8-11,13H2,1H3. The summed E-state index contributed by atoms with van der Waals surface area (Å²) < 4.78 is 6.57. The lowest BCUT2D eigenvalue weighted by Gasteiger charge is -2.39. The van der Waals surface area contributed by atoms with E-state index >= 15 is 0 Å². The van der Waals surface area contributed by atoms with Crippen LogP contribution < -0.4 is 0 Å². The van der Waals surface area contributed by atoms with E-state index in [0.717, 1.165) is 31.9 Å². The average molecular weight is 375 g/mol. The maximum absolute atomic E-state index is 12.0. The Bertz CT molecular complexity index is 753. The van der Waals surface area contributed by atoms with Crippen LogP contribution in [-0.4, -0.2) is 48.7 Å². The zero-order chi connectivity index (χ0) is 17.2. The number of hydrogen-bond acceptors (Lipinski definition) is 5. The Morgan fingerprint density at radius 1 is 1.16 bits per heavy atom. The Balaban J connectivity index is 1.60. The van der Waals surface area contributed by atoms with Crippen molar-refractivity contribution in [2.45, 2.75) is 22.9 Å². The van der Waals surface area contributed by atoms with Crippen molar-refractivity contribution in [3.05, 3.63) is 52.4 Å². The lowest BCUT2D eigenvalue weighted by Crippen LogP contribution is -2.50. The van der Waals surface area contributed by atoms with Crippen LogP contribution in [0.4, 0.5) is 4.79 Å². The fourth-order valence-electron chi connectivity index (χ4n) is 3.64. The second-order valence-electron chi connectivity index (χ2n) is 6.28. The summed E-state index contributed by atoms with van der Waals surface area (Å²) in [6.07, 6.45) is -0.185. The molecule has 3 heterocycles. The van der Waals surface area contributed by atoms with Crippen molar-refractivity contribution in [2.75, 3.05) is 32.8 Å². The van der Waals surface area contributed by atoms with Crippen LogP contribution in [0.25, 0.3) is 0 Å². The molecule has 0 saturated carbocycles.